The van der Waals surface area contributed by atoms with Gasteiger partial charge in [-0.3, -0.25) is 14.5 Å². The van der Waals surface area contributed by atoms with Crippen molar-refractivity contribution in [2.24, 2.45) is 0 Å². The summed E-state index contributed by atoms with van der Waals surface area (Å²) in [5.41, 5.74) is 1.25. The van der Waals surface area contributed by atoms with Gasteiger partial charge in [0.25, 0.3) is 0 Å². The zero-order valence-corrected chi connectivity index (χ0v) is 15.0. The van der Waals surface area contributed by atoms with E-state index in [9.17, 15) is 5.11 Å². The Kier molecular flexibility index (Phi) is 5.38. The lowest BCUT2D eigenvalue weighted by Crippen LogP contribution is -2.48. The molecule has 1 aromatic carbocycles. The van der Waals surface area contributed by atoms with Crippen molar-refractivity contribution < 1.29 is 14.6 Å². The lowest BCUT2D eigenvalue weighted by atomic mass is 10.1. The molecule has 7 nitrogen and oxygen atoms in total. The third-order valence-electron chi connectivity index (χ3n) is 4.90. The predicted octanol–water partition coefficient (Wildman–Crippen LogP) is 0.833. The summed E-state index contributed by atoms with van der Waals surface area (Å²) in [6, 6.07) is 8.09. The van der Waals surface area contributed by atoms with E-state index in [4.69, 9.17) is 9.47 Å². The second kappa shape index (κ2) is 8.07. The minimum absolute atomic E-state index is 0.390. The van der Waals surface area contributed by atoms with E-state index in [0.717, 1.165) is 44.2 Å². The van der Waals surface area contributed by atoms with E-state index >= 15 is 0 Å². The summed E-state index contributed by atoms with van der Waals surface area (Å²) >= 11 is 0. The highest BCUT2D eigenvalue weighted by Gasteiger charge is 2.20. The molecule has 3 heterocycles. The van der Waals surface area contributed by atoms with Crippen molar-refractivity contribution in [3.63, 3.8) is 0 Å². The predicted molar refractivity (Wildman–Crippen MR) is 97.4 cm³/mol. The van der Waals surface area contributed by atoms with Gasteiger partial charge in [0.05, 0.1) is 12.6 Å². The molecule has 2 aliphatic rings. The van der Waals surface area contributed by atoms with Gasteiger partial charge in [-0.15, -0.1) is 0 Å². The summed E-state index contributed by atoms with van der Waals surface area (Å²) in [4.78, 5) is 4.77. The van der Waals surface area contributed by atoms with Crippen LogP contribution in [0.15, 0.2) is 36.7 Å². The molecule has 0 saturated carbocycles. The van der Waals surface area contributed by atoms with E-state index in [1.807, 2.05) is 18.3 Å². The number of aliphatic hydroxyl groups is 1. The molecular formula is C19H26N4O3. The number of hydrogen-bond donors (Lipinski definition) is 1. The normalized spacial score (nSPS) is 19.4. The number of aliphatic hydroxyl groups excluding tert-OH is 1. The van der Waals surface area contributed by atoms with Crippen molar-refractivity contribution in [1.82, 2.24) is 19.6 Å². The average Bonchev–Trinajstić information content (AvgIpc) is 3.16. The van der Waals surface area contributed by atoms with E-state index < -0.39 is 0 Å². The third-order valence-corrected chi connectivity index (χ3v) is 4.90. The molecule has 1 atom stereocenters. The third kappa shape index (κ3) is 4.35. The average molecular weight is 358 g/mol. The Labute approximate surface area is 153 Å². The summed E-state index contributed by atoms with van der Waals surface area (Å²) < 4.78 is 13.0. The lowest BCUT2D eigenvalue weighted by molar-refractivity contribution is 0.0605. The first-order chi connectivity index (χ1) is 12.8. The Balaban J connectivity index is 1.23. The Bertz CT molecular complexity index is 699. The van der Waals surface area contributed by atoms with Crippen LogP contribution in [0, 0.1) is 0 Å². The van der Waals surface area contributed by atoms with Crippen molar-refractivity contribution in [1.29, 1.82) is 0 Å². The molecule has 7 heteroatoms. The number of β-amino-alcohol motifs (C(OH)–C–C–N with tert-alkyl or cyclic N) is 1. The van der Waals surface area contributed by atoms with Crippen LogP contribution in [-0.4, -0.2) is 76.7 Å². The summed E-state index contributed by atoms with van der Waals surface area (Å²) in [7, 11) is 0. The maximum atomic E-state index is 10.2. The molecule has 0 unspecified atom stereocenters. The Morgan fingerprint density at radius 2 is 1.77 bits per heavy atom. The first-order valence-corrected chi connectivity index (χ1v) is 9.25. The summed E-state index contributed by atoms with van der Waals surface area (Å²) in [6.45, 7) is 7.35. The smallest absolute Gasteiger partial charge is 0.161 e. The van der Waals surface area contributed by atoms with Gasteiger partial charge in [-0.25, -0.2) is 0 Å². The topological polar surface area (TPSA) is 63.0 Å². The van der Waals surface area contributed by atoms with Crippen LogP contribution >= 0.6 is 0 Å². The molecule has 26 heavy (non-hydrogen) atoms. The molecule has 1 fully saturated rings. The number of rotatable bonds is 6. The Hall–Kier alpha value is -2.09. The molecule has 2 aromatic rings. The van der Waals surface area contributed by atoms with Crippen LogP contribution in [0.25, 0.3) is 0 Å². The van der Waals surface area contributed by atoms with Crippen molar-refractivity contribution in [2.45, 2.75) is 19.2 Å². The van der Waals surface area contributed by atoms with Crippen LogP contribution in [0.1, 0.15) is 5.56 Å². The molecule has 4 rings (SSSR count). The van der Waals surface area contributed by atoms with Crippen molar-refractivity contribution in [2.75, 3.05) is 45.9 Å². The molecule has 1 N–H and O–H groups in total. The maximum absolute atomic E-state index is 10.2. The van der Waals surface area contributed by atoms with E-state index in [1.165, 1.54) is 5.56 Å². The van der Waals surface area contributed by atoms with Crippen LogP contribution < -0.4 is 9.47 Å². The molecule has 0 radical (unpaired) electrons. The molecule has 1 aromatic heterocycles. The Morgan fingerprint density at radius 1 is 1.00 bits per heavy atom. The molecular weight excluding hydrogens is 332 g/mol. The molecule has 140 valence electrons. The second-order valence-corrected chi connectivity index (χ2v) is 6.94. The molecule has 0 spiro atoms. The zero-order valence-electron chi connectivity index (χ0n) is 15.0. The van der Waals surface area contributed by atoms with Gasteiger partial charge in [-0.1, -0.05) is 6.07 Å². The number of piperazine rings is 1. The van der Waals surface area contributed by atoms with Crippen molar-refractivity contribution >= 4 is 0 Å². The fourth-order valence-electron chi connectivity index (χ4n) is 3.55. The monoisotopic (exact) mass is 358 g/mol. The highest BCUT2D eigenvalue weighted by atomic mass is 16.6. The largest absolute Gasteiger partial charge is 0.486 e. The Morgan fingerprint density at radius 3 is 2.54 bits per heavy atom. The van der Waals surface area contributed by atoms with Crippen LogP contribution in [-0.2, 0) is 13.1 Å². The van der Waals surface area contributed by atoms with Gasteiger partial charge in [0, 0.05) is 51.7 Å². The zero-order chi connectivity index (χ0) is 17.8. The number of nitrogens with zero attached hydrogens (tertiary/aromatic N) is 4. The lowest BCUT2D eigenvalue weighted by Gasteiger charge is -2.35. The molecule has 2 aliphatic heterocycles. The van der Waals surface area contributed by atoms with E-state index in [2.05, 4.69) is 27.0 Å². The van der Waals surface area contributed by atoms with Crippen LogP contribution in [0.3, 0.4) is 0 Å². The minimum atomic E-state index is -0.390. The highest BCUT2D eigenvalue weighted by Crippen LogP contribution is 2.31. The molecule has 0 amide bonds. The van der Waals surface area contributed by atoms with Crippen LogP contribution in [0.5, 0.6) is 11.5 Å². The molecule has 1 saturated heterocycles. The summed E-state index contributed by atoms with van der Waals surface area (Å²) in [5, 5.41) is 14.4. The fourth-order valence-corrected chi connectivity index (χ4v) is 3.55. The minimum Gasteiger partial charge on any atom is -0.486 e. The maximum Gasteiger partial charge on any atom is 0.161 e. The number of fused-ring (bicyclic) bond motifs is 1. The van der Waals surface area contributed by atoms with Crippen LogP contribution in [0.4, 0.5) is 0 Å². The van der Waals surface area contributed by atoms with E-state index in [0.29, 0.717) is 26.3 Å². The van der Waals surface area contributed by atoms with E-state index in [-0.39, 0.29) is 6.10 Å². The summed E-state index contributed by atoms with van der Waals surface area (Å²) in [6.07, 6.45) is 3.23. The molecule has 0 aliphatic carbocycles. The SMILES string of the molecule is O[C@H](CN1CCN(Cc2ccc3c(c2)OCCO3)CC1)Cn1cccn1. The van der Waals surface area contributed by atoms with Crippen molar-refractivity contribution in [3.8, 4) is 11.5 Å². The molecule has 0 bridgehead atoms. The van der Waals surface area contributed by atoms with Gasteiger partial charge in [0.15, 0.2) is 11.5 Å². The van der Waals surface area contributed by atoms with Crippen molar-refractivity contribution in [3.05, 3.63) is 42.2 Å². The fraction of sp³-hybridized carbons (Fsp3) is 0.526. The number of benzene rings is 1. The number of hydrogen-bond acceptors (Lipinski definition) is 6. The quantitative estimate of drug-likeness (QED) is 0.825. The number of ether oxygens (including phenoxy) is 2. The first kappa shape index (κ1) is 17.3. The first-order valence-electron chi connectivity index (χ1n) is 9.25. The van der Waals surface area contributed by atoms with Crippen LogP contribution in [0.2, 0.25) is 0 Å². The second-order valence-electron chi connectivity index (χ2n) is 6.94. The van der Waals surface area contributed by atoms with Gasteiger partial charge in [-0.2, -0.15) is 5.10 Å². The van der Waals surface area contributed by atoms with Gasteiger partial charge in [-0.05, 0) is 23.8 Å². The van der Waals surface area contributed by atoms with E-state index in [1.54, 1.807) is 10.9 Å². The van der Waals surface area contributed by atoms with Gasteiger partial charge in [0.1, 0.15) is 13.2 Å². The highest BCUT2D eigenvalue weighted by molar-refractivity contribution is 5.43. The summed E-state index contributed by atoms with van der Waals surface area (Å²) in [5.74, 6) is 1.70. The standard InChI is InChI=1S/C19H26N4O3/c24-17(15-23-5-1-4-20-23)14-22-8-6-21(7-9-22)13-16-2-3-18-19(12-16)26-11-10-25-18/h1-5,12,17,24H,6-11,13-15H2/t17-/m1/s1. The number of aromatic nitrogens is 2. The van der Waals surface area contributed by atoms with Gasteiger partial charge in [0.2, 0.25) is 0 Å². The van der Waals surface area contributed by atoms with Gasteiger partial charge < -0.3 is 14.6 Å². The van der Waals surface area contributed by atoms with Gasteiger partial charge >= 0.3 is 0 Å².